The lowest BCUT2D eigenvalue weighted by Crippen LogP contribution is -2.34. The minimum atomic E-state index is -3.95. The van der Waals surface area contributed by atoms with Crippen molar-refractivity contribution in [2.24, 2.45) is 17.8 Å². The first kappa shape index (κ1) is 53.1. The number of hydrogen-bond acceptors (Lipinski definition) is 18. The van der Waals surface area contributed by atoms with Gasteiger partial charge in [0.25, 0.3) is 5.56 Å². The molecule has 2 fully saturated rings. The highest BCUT2D eigenvalue weighted by Gasteiger charge is 2.51. The molecule has 0 spiro atoms. The number of benzene rings is 3. The maximum absolute atomic E-state index is 16.1. The molecule has 3 aromatic carbocycles. The Labute approximate surface area is 425 Å². The first-order valence-electron chi connectivity index (χ1n) is 23.3. The van der Waals surface area contributed by atoms with E-state index < -0.39 is 68.4 Å². The number of ether oxygens (including phenoxy) is 3. The van der Waals surface area contributed by atoms with Crippen molar-refractivity contribution in [3.05, 3.63) is 124 Å². The average molecular weight is 1060 g/mol. The van der Waals surface area contributed by atoms with Gasteiger partial charge in [-0.25, -0.2) is 19.0 Å². The fourth-order valence-electron chi connectivity index (χ4n) is 9.13. The Balaban J connectivity index is 1.16. The maximum atomic E-state index is 16.1. The Morgan fingerprint density at radius 3 is 2.30 bits per heavy atom. The van der Waals surface area contributed by atoms with Gasteiger partial charge in [0.1, 0.15) is 29.2 Å². The highest BCUT2D eigenvalue weighted by atomic mass is 32.5. The van der Waals surface area contributed by atoms with Crippen LogP contribution in [0, 0.1) is 29.1 Å². The van der Waals surface area contributed by atoms with Crippen LogP contribution in [-0.2, 0) is 49.6 Å². The van der Waals surface area contributed by atoms with E-state index in [1.165, 1.54) is 17.2 Å². The molecule has 0 saturated heterocycles. The van der Waals surface area contributed by atoms with E-state index in [-0.39, 0.29) is 74.4 Å². The SMILES string of the molecule is COc1ccc(C(OC[C@H]2C[C@@H](n3nnc4c(=O)[nH]c(NC(=O)C(C)C)nc43)[C@H](O[P@@](=S)(OCCC#N)OC[C@H]3C[C@@H](Nc4ccncn4)[C@H](F)[C@@H]3O[P+](=O)O)C2)(c2ccccc2)c2ccc(OC)cc2)cc1. The highest BCUT2D eigenvalue weighted by Crippen LogP contribution is 2.56. The first-order chi connectivity index (χ1) is 35.2. The molecule has 3 aromatic heterocycles. The largest absolute Gasteiger partial charge is 0.695 e. The zero-order chi connectivity index (χ0) is 51.7. The topological polar surface area (TPSA) is 269 Å². The van der Waals surface area contributed by atoms with E-state index in [1.807, 2.05) is 84.9 Å². The normalized spacial score (nSPS) is 21.9. The predicted molar refractivity (Wildman–Crippen MR) is 268 cm³/mol. The second-order valence-corrected chi connectivity index (χ2v) is 21.4. The molecule has 384 valence electrons. The van der Waals surface area contributed by atoms with E-state index in [0.717, 1.165) is 16.7 Å². The number of aromatic nitrogens is 7. The molecule has 1 unspecified atom stereocenters. The summed E-state index contributed by atoms with van der Waals surface area (Å²) in [7, 11) is -0.0457. The quantitative estimate of drug-likeness (QED) is 0.0278. The molecule has 6 aromatic rings. The van der Waals surface area contributed by atoms with Crippen LogP contribution in [0.3, 0.4) is 0 Å². The van der Waals surface area contributed by atoms with Gasteiger partial charge >= 0.3 is 15.0 Å². The second-order valence-electron chi connectivity index (χ2n) is 17.7. The lowest BCUT2D eigenvalue weighted by Gasteiger charge is -2.37. The minimum absolute atomic E-state index is 0.0398. The van der Waals surface area contributed by atoms with Gasteiger partial charge in [-0.2, -0.15) is 10.2 Å². The molecule has 2 aliphatic rings. The number of rotatable bonds is 23. The van der Waals surface area contributed by atoms with Gasteiger partial charge in [-0.05, 0) is 84.0 Å². The number of halogens is 1. The van der Waals surface area contributed by atoms with Crippen LogP contribution in [0.5, 0.6) is 11.5 Å². The number of amides is 1. The summed E-state index contributed by atoms with van der Waals surface area (Å²) in [5.41, 5.74) is 0.513. The lowest BCUT2D eigenvalue weighted by molar-refractivity contribution is -0.118. The van der Waals surface area contributed by atoms with Crippen LogP contribution in [0.2, 0.25) is 0 Å². The third-order valence-corrected chi connectivity index (χ3v) is 15.5. The molecular formula is C48H54FN10O11P2S+. The summed E-state index contributed by atoms with van der Waals surface area (Å²) in [5, 5.41) is 23.8. The standard InChI is InChI=1S/C48H53FN10O11P2S/c1-29(2)45(60)55-47-54-44-42(46(61)56-47)57-58-59(44)38-23-30(26-66-48(32-9-6-5-7-10-32,33-11-15-35(64-3)16-12-33)34-13-17-36(65-4)18-14-34)24-39(38)70-72(73,67-22-8-20-50)68-27-31-25-37(41(49)43(31)69-71(62)63)53-40-19-21-51-28-52-40/h5-7,9-19,21,28-31,37-39,41,43H,8,22-27H2,1-4H3,(H3-,51,52,53,54,55,56,58,60,61,62,63)/p+1/t30-,31+,37+,38+,39+,41-,43+,72+/m0/s1. The molecular weight excluding hydrogens is 1010 g/mol. The zero-order valence-electron chi connectivity index (χ0n) is 40.1. The Kier molecular flexibility index (Phi) is 17.3. The summed E-state index contributed by atoms with van der Waals surface area (Å²) in [6, 6.07) is 26.9. The van der Waals surface area contributed by atoms with Crippen molar-refractivity contribution in [3.63, 3.8) is 0 Å². The number of carbonyl (C=O) groups is 1. The predicted octanol–water partition coefficient (Wildman–Crippen LogP) is 7.31. The van der Waals surface area contributed by atoms with Crippen LogP contribution in [0.25, 0.3) is 11.2 Å². The molecule has 2 saturated carbocycles. The van der Waals surface area contributed by atoms with Crippen molar-refractivity contribution in [1.82, 2.24) is 34.9 Å². The van der Waals surface area contributed by atoms with Gasteiger partial charge in [0.2, 0.25) is 11.9 Å². The Morgan fingerprint density at radius 2 is 1.68 bits per heavy atom. The van der Waals surface area contributed by atoms with E-state index in [0.29, 0.717) is 17.3 Å². The van der Waals surface area contributed by atoms with Crippen molar-refractivity contribution < 1.29 is 50.9 Å². The third-order valence-electron chi connectivity index (χ3n) is 12.7. The number of alkyl halides is 1. The summed E-state index contributed by atoms with van der Waals surface area (Å²) in [6.45, 7) is -0.981. The number of carbonyl (C=O) groups excluding carboxylic acids is 1. The number of nitrogens with zero attached hydrogens (tertiary/aromatic N) is 7. The second kappa shape index (κ2) is 23.8. The van der Waals surface area contributed by atoms with Crippen LogP contribution in [0.1, 0.15) is 62.3 Å². The summed E-state index contributed by atoms with van der Waals surface area (Å²) in [5.74, 6) is -0.498. The maximum Gasteiger partial charge on any atom is 0.695 e. The molecule has 3 heterocycles. The molecule has 9 atom stereocenters. The summed E-state index contributed by atoms with van der Waals surface area (Å²) >= 11 is 6.11. The smallest absolute Gasteiger partial charge is 0.497 e. The van der Waals surface area contributed by atoms with E-state index >= 15 is 4.39 Å². The molecule has 4 N–H and O–H groups in total. The third kappa shape index (κ3) is 12.3. The number of hydrogen-bond donors (Lipinski definition) is 4. The van der Waals surface area contributed by atoms with Gasteiger partial charge < -0.3 is 33.1 Å². The number of anilines is 2. The van der Waals surface area contributed by atoms with Crippen LogP contribution in [-0.4, -0.2) is 104 Å². The number of nitrogens with one attached hydrogen (secondary N) is 3. The van der Waals surface area contributed by atoms with Crippen molar-refractivity contribution in [2.45, 2.75) is 75.6 Å². The molecule has 0 aliphatic heterocycles. The molecule has 1 amide bonds. The van der Waals surface area contributed by atoms with E-state index in [9.17, 15) is 24.3 Å². The number of fused-ring (bicyclic) bond motifs is 1. The van der Waals surface area contributed by atoms with E-state index in [2.05, 4.69) is 40.9 Å². The van der Waals surface area contributed by atoms with Crippen molar-refractivity contribution in [1.29, 1.82) is 5.26 Å². The van der Waals surface area contributed by atoms with Gasteiger partial charge in [-0.3, -0.25) is 19.9 Å². The molecule has 73 heavy (non-hydrogen) atoms. The fraction of sp³-hybridized carbons (Fsp3) is 0.417. The fourth-order valence-corrected chi connectivity index (χ4v) is 11.8. The average Bonchev–Trinajstić information content (AvgIpc) is 4.08. The van der Waals surface area contributed by atoms with Crippen molar-refractivity contribution in [3.8, 4) is 17.6 Å². The number of methoxy groups -OCH3 is 2. The molecule has 8 rings (SSSR count). The highest BCUT2D eigenvalue weighted by molar-refractivity contribution is 8.07. The van der Waals surface area contributed by atoms with Gasteiger partial charge in [-0.15, -0.1) is 14.5 Å². The van der Waals surface area contributed by atoms with Crippen molar-refractivity contribution >= 4 is 55.6 Å². The molecule has 0 bridgehead atoms. The van der Waals surface area contributed by atoms with Crippen molar-refractivity contribution in [2.75, 3.05) is 44.7 Å². The van der Waals surface area contributed by atoms with Gasteiger partial charge in [-0.1, -0.05) is 73.7 Å². The number of H-pyrrole nitrogens is 1. The molecule has 21 nitrogen and oxygen atoms in total. The monoisotopic (exact) mass is 1060 g/mol. The number of aromatic amines is 1. The Morgan fingerprint density at radius 1 is 1.00 bits per heavy atom. The van der Waals surface area contributed by atoms with Gasteiger partial charge in [0, 0.05) is 22.6 Å². The summed E-state index contributed by atoms with van der Waals surface area (Å²) < 4.78 is 72.6. The minimum Gasteiger partial charge on any atom is -0.497 e. The summed E-state index contributed by atoms with van der Waals surface area (Å²) in [4.78, 5) is 51.2. The number of nitriles is 1. The van der Waals surface area contributed by atoms with Crippen LogP contribution in [0.15, 0.2) is 102 Å². The zero-order valence-corrected chi connectivity index (χ0v) is 42.8. The Bertz CT molecular complexity index is 2950. The van der Waals surface area contributed by atoms with Gasteiger partial charge in [0.15, 0.2) is 23.4 Å². The Hall–Kier alpha value is -6.18. The first-order valence-corrected chi connectivity index (χ1v) is 27.0. The van der Waals surface area contributed by atoms with Crippen LogP contribution >= 0.6 is 15.0 Å². The molecule has 25 heteroatoms. The van der Waals surface area contributed by atoms with Gasteiger partial charge in [0.05, 0.1) is 64.7 Å². The molecule has 0 radical (unpaired) electrons. The summed E-state index contributed by atoms with van der Waals surface area (Å²) in [6.07, 6.45) is -0.826. The lowest BCUT2D eigenvalue weighted by atomic mass is 9.80. The van der Waals surface area contributed by atoms with E-state index in [4.69, 9.17) is 44.1 Å². The van der Waals surface area contributed by atoms with Crippen LogP contribution in [0.4, 0.5) is 16.2 Å². The van der Waals surface area contributed by atoms with E-state index in [1.54, 1.807) is 34.1 Å². The molecule has 2 aliphatic carbocycles. The van der Waals surface area contributed by atoms with Crippen LogP contribution < -0.4 is 25.7 Å².